The van der Waals surface area contributed by atoms with Crippen LogP contribution in [0, 0.1) is 5.41 Å². The molecule has 21 heavy (non-hydrogen) atoms. The van der Waals surface area contributed by atoms with E-state index in [0.29, 0.717) is 23.6 Å². The number of nitrogens with one attached hydrogen (secondary N) is 2. The zero-order chi connectivity index (χ0) is 15.3. The fraction of sp³-hybridized carbons (Fsp3) is 0.467. The van der Waals surface area contributed by atoms with Crippen molar-refractivity contribution in [2.45, 2.75) is 32.1 Å². The molecule has 1 aliphatic rings. The fourth-order valence-corrected chi connectivity index (χ4v) is 2.86. The number of aliphatic carboxylic acids is 1. The van der Waals surface area contributed by atoms with Crippen molar-refractivity contribution >= 4 is 29.3 Å². The molecule has 0 bridgehead atoms. The number of anilines is 1. The predicted octanol–water partition coefficient (Wildman–Crippen LogP) is 3.50. The van der Waals surface area contributed by atoms with Crippen LogP contribution >= 0.6 is 11.6 Å². The van der Waals surface area contributed by atoms with Gasteiger partial charge in [0.15, 0.2) is 0 Å². The fourth-order valence-electron chi connectivity index (χ4n) is 2.67. The zero-order valence-electron chi connectivity index (χ0n) is 11.7. The molecule has 6 heteroatoms. The number of para-hydroxylation sites is 1. The molecule has 1 fully saturated rings. The van der Waals surface area contributed by atoms with Gasteiger partial charge in [0.05, 0.1) is 16.1 Å². The quantitative estimate of drug-likeness (QED) is 0.796. The van der Waals surface area contributed by atoms with E-state index in [0.717, 1.165) is 19.3 Å². The molecule has 0 unspecified atom stereocenters. The van der Waals surface area contributed by atoms with Crippen LogP contribution in [0.3, 0.4) is 0 Å². The van der Waals surface area contributed by atoms with E-state index >= 15 is 0 Å². The number of hydrogen-bond acceptors (Lipinski definition) is 2. The van der Waals surface area contributed by atoms with Crippen molar-refractivity contribution in [1.29, 1.82) is 0 Å². The third kappa shape index (κ3) is 3.88. The summed E-state index contributed by atoms with van der Waals surface area (Å²) in [5.41, 5.74) is -0.333. The van der Waals surface area contributed by atoms with Crippen LogP contribution in [0.4, 0.5) is 10.5 Å². The number of carbonyl (C=O) groups is 2. The van der Waals surface area contributed by atoms with Crippen molar-refractivity contribution in [1.82, 2.24) is 5.32 Å². The topological polar surface area (TPSA) is 78.4 Å². The molecule has 0 saturated heterocycles. The van der Waals surface area contributed by atoms with E-state index in [9.17, 15) is 14.7 Å². The average molecular weight is 311 g/mol. The Morgan fingerprint density at radius 3 is 2.48 bits per heavy atom. The van der Waals surface area contributed by atoms with E-state index in [1.54, 1.807) is 24.3 Å². The lowest BCUT2D eigenvalue weighted by atomic mass is 9.74. The standard InChI is InChI=1S/C15H19ClN2O3/c16-11-6-2-3-7-12(11)18-14(21)17-10-15(13(19)20)8-4-1-5-9-15/h2-3,6-7H,1,4-5,8-10H2,(H,19,20)(H2,17,18,21). The Bertz CT molecular complexity index is 527. The van der Waals surface area contributed by atoms with Gasteiger partial charge in [-0.2, -0.15) is 0 Å². The highest BCUT2D eigenvalue weighted by molar-refractivity contribution is 6.33. The molecule has 2 rings (SSSR count). The minimum Gasteiger partial charge on any atom is -0.481 e. The van der Waals surface area contributed by atoms with Gasteiger partial charge in [-0.05, 0) is 25.0 Å². The number of halogens is 1. The molecule has 0 spiro atoms. The molecule has 0 heterocycles. The number of carbonyl (C=O) groups excluding carboxylic acids is 1. The van der Waals surface area contributed by atoms with Gasteiger partial charge >= 0.3 is 12.0 Å². The summed E-state index contributed by atoms with van der Waals surface area (Å²) in [6.07, 6.45) is 4.05. The van der Waals surface area contributed by atoms with Crippen molar-refractivity contribution < 1.29 is 14.7 Å². The Hall–Kier alpha value is -1.75. The van der Waals surface area contributed by atoms with Gasteiger partial charge in [-0.1, -0.05) is 43.0 Å². The zero-order valence-corrected chi connectivity index (χ0v) is 12.4. The lowest BCUT2D eigenvalue weighted by Gasteiger charge is -2.33. The summed E-state index contributed by atoms with van der Waals surface area (Å²) < 4.78 is 0. The summed E-state index contributed by atoms with van der Waals surface area (Å²) in [5.74, 6) is -0.833. The second kappa shape index (κ2) is 6.80. The minimum atomic E-state index is -0.837. The summed E-state index contributed by atoms with van der Waals surface area (Å²) in [4.78, 5) is 23.4. The molecule has 2 amide bonds. The number of amides is 2. The second-order valence-electron chi connectivity index (χ2n) is 5.43. The highest BCUT2D eigenvalue weighted by Gasteiger charge is 2.39. The smallest absolute Gasteiger partial charge is 0.319 e. The molecule has 1 aromatic carbocycles. The van der Waals surface area contributed by atoms with Crippen LogP contribution in [0.5, 0.6) is 0 Å². The lowest BCUT2D eigenvalue weighted by Crippen LogP contribution is -2.45. The van der Waals surface area contributed by atoms with Crippen LogP contribution in [0.15, 0.2) is 24.3 Å². The van der Waals surface area contributed by atoms with Gasteiger partial charge in [0.1, 0.15) is 0 Å². The van der Waals surface area contributed by atoms with Crippen LogP contribution in [0.1, 0.15) is 32.1 Å². The van der Waals surface area contributed by atoms with Crippen LogP contribution in [-0.2, 0) is 4.79 Å². The number of rotatable bonds is 4. The largest absolute Gasteiger partial charge is 0.481 e. The average Bonchev–Trinajstić information content (AvgIpc) is 2.48. The summed E-state index contributed by atoms with van der Waals surface area (Å²) in [6, 6.07) is 6.47. The van der Waals surface area contributed by atoms with Gasteiger partial charge in [0.2, 0.25) is 0 Å². The Labute approximate surface area is 128 Å². The molecule has 0 aliphatic heterocycles. The lowest BCUT2D eigenvalue weighted by molar-refractivity contribution is -0.150. The Morgan fingerprint density at radius 1 is 1.19 bits per heavy atom. The number of urea groups is 1. The van der Waals surface area contributed by atoms with Crippen LogP contribution in [0.2, 0.25) is 5.02 Å². The third-order valence-corrected chi connectivity index (χ3v) is 4.30. The van der Waals surface area contributed by atoms with Crippen molar-refractivity contribution in [3.8, 4) is 0 Å². The number of hydrogen-bond donors (Lipinski definition) is 3. The highest BCUT2D eigenvalue weighted by Crippen LogP contribution is 2.36. The monoisotopic (exact) mass is 310 g/mol. The van der Waals surface area contributed by atoms with E-state index in [-0.39, 0.29) is 6.54 Å². The SMILES string of the molecule is O=C(NCC1(C(=O)O)CCCCC1)Nc1ccccc1Cl. The first-order chi connectivity index (χ1) is 10.0. The molecule has 0 aromatic heterocycles. The van der Waals surface area contributed by atoms with Gasteiger partial charge < -0.3 is 15.7 Å². The van der Waals surface area contributed by atoms with Crippen molar-refractivity contribution in [2.75, 3.05) is 11.9 Å². The molecule has 0 radical (unpaired) electrons. The first-order valence-corrected chi connectivity index (χ1v) is 7.44. The molecule has 1 saturated carbocycles. The summed E-state index contributed by atoms with van der Waals surface area (Å²) in [7, 11) is 0. The Kier molecular flexibility index (Phi) is 5.07. The van der Waals surface area contributed by atoms with E-state index in [1.807, 2.05) is 0 Å². The van der Waals surface area contributed by atoms with Gasteiger partial charge in [-0.3, -0.25) is 4.79 Å². The second-order valence-corrected chi connectivity index (χ2v) is 5.84. The van der Waals surface area contributed by atoms with E-state index in [1.165, 1.54) is 0 Å². The summed E-state index contributed by atoms with van der Waals surface area (Å²) in [6.45, 7) is 0.138. The van der Waals surface area contributed by atoms with Gasteiger partial charge in [0.25, 0.3) is 0 Å². The first-order valence-electron chi connectivity index (χ1n) is 7.06. The van der Waals surface area contributed by atoms with Gasteiger partial charge in [0, 0.05) is 6.54 Å². The van der Waals surface area contributed by atoms with Gasteiger partial charge in [-0.25, -0.2) is 4.79 Å². The Balaban J connectivity index is 1.93. The minimum absolute atomic E-state index is 0.138. The van der Waals surface area contributed by atoms with E-state index < -0.39 is 17.4 Å². The van der Waals surface area contributed by atoms with Crippen molar-refractivity contribution in [3.05, 3.63) is 29.3 Å². The number of benzene rings is 1. The molecular formula is C15H19ClN2O3. The highest BCUT2D eigenvalue weighted by atomic mass is 35.5. The van der Waals surface area contributed by atoms with Crippen LogP contribution < -0.4 is 10.6 Å². The Morgan fingerprint density at radius 2 is 1.86 bits per heavy atom. The van der Waals surface area contributed by atoms with Crippen molar-refractivity contribution in [3.63, 3.8) is 0 Å². The maximum Gasteiger partial charge on any atom is 0.319 e. The molecule has 1 aromatic rings. The predicted molar refractivity (Wildman–Crippen MR) is 81.6 cm³/mol. The summed E-state index contributed by atoms with van der Waals surface area (Å²) in [5, 5.41) is 15.2. The maximum atomic E-state index is 11.9. The van der Waals surface area contributed by atoms with E-state index in [4.69, 9.17) is 11.6 Å². The maximum absolute atomic E-state index is 11.9. The summed E-state index contributed by atoms with van der Waals surface area (Å²) >= 11 is 5.96. The number of carboxylic acids is 1. The molecule has 1 aliphatic carbocycles. The van der Waals surface area contributed by atoms with E-state index in [2.05, 4.69) is 10.6 Å². The molecule has 114 valence electrons. The third-order valence-electron chi connectivity index (χ3n) is 3.97. The normalized spacial score (nSPS) is 17.0. The molecule has 0 atom stereocenters. The van der Waals surface area contributed by atoms with Crippen LogP contribution in [-0.4, -0.2) is 23.7 Å². The first kappa shape index (κ1) is 15.6. The molecule has 3 N–H and O–H groups in total. The number of carboxylic acid groups (broad SMARTS) is 1. The molecular weight excluding hydrogens is 292 g/mol. The van der Waals surface area contributed by atoms with Crippen LogP contribution in [0.25, 0.3) is 0 Å². The van der Waals surface area contributed by atoms with Gasteiger partial charge in [-0.15, -0.1) is 0 Å². The molecule has 5 nitrogen and oxygen atoms in total. The van der Waals surface area contributed by atoms with Crippen molar-refractivity contribution in [2.24, 2.45) is 5.41 Å².